The summed E-state index contributed by atoms with van der Waals surface area (Å²) in [7, 11) is 0. The summed E-state index contributed by atoms with van der Waals surface area (Å²) in [6, 6.07) is 0. The first kappa shape index (κ1) is 10.8. The third-order valence-corrected chi connectivity index (χ3v) is 6.56. The minimum Gasteiger partial charge on any atom is -0.299 e. The lowest BCUT2D eigenvalue weighted by molar-refractivity contribution is -0.146. The minimum absolute atomic E-state index is 0.271. The van der Waals surface area contributed by atoms with E-state index in [1.54, 1.807) is 0 Å². The smallest absolute Gasteiger partial charge is 0.137 e. The van der Waals surface area contributed by atoms with E-state index in [0.29, 0.717) is 22.5 Å². The predicted molar refractivity (Wildman–Crippen MR) is 65.1 cm³/mol. The summed E-state index contributed by atoms with van der Waals surface area (Å²) in [6.07, 6.45) is 5.94. The van der Waals surface area contributed by atoms with Crippen LogP contribution in [0, 0.1) is 28.1 Å². The molecule has 0 radical (unpaired) electrons. The van der Waals surface area contributed by atoms with Crippen molar-refractivity contribution in [3.63, 3.8) is 0 Å². The highest BCUT2D eigenvalue weighted by atomic mass is 16.1. The predicted octanol–water partition coefficient (Wildman–Crippen LogP) is 3.82. The van der Waals surface area contributed by atoms with Crippen LogP contribution >= 0.6 is 0 Å². The zero-order valence-corrected chi connectivity index (χ0v) is 11.1. The molecule has 0 aliphatic heterocycles. The normalized spacial score (nSPS) is 48.1. The lowest BCUT2D eigenvalue weighted by Crippen LogP contribution is -2.52. The average Bonchev–Trinajstić information content (AvgIpc) is 2.67. The molecule has 0 aromatic rings. The van der Waals surface area contributed by atoms with Crippen molar-refractivity contribution in [2.45, 2.75) is 59.8 Å². The number of fused-ring (bicyclic) bond motifs is 1. The third kappa shape index (κ3) is 0.966. The SMILES string of the molecule is CC1(C)[C@H]2CC[C@@]3(C2)[C@@H]1C(=O)CCC3(C)C. The molecule has 0 aromatic heterocycles. The molecule has 1 nitrogen and oxygen atoms in total. The van der Waals surface area contributed by atoms with E-state index in [0.717, 1.165) is 18.8 Å². The standard InChI is InChI=1S/C15H24O/c1-13(2)7-6-11(16)12-14(3,4)10-5-8-15(12,13)9-10/h10,12H,5-9H2,1-4H3/t10-,12+,15+/m0/s1. The zero-order chi connectivity index (χ0) is 11.8. The highest BCUT2D eigenvalue weighted by molar-refractivity contribution is 5.84. The number of Topliss-reactive ketones (excluding diaryl/α,β-unsaturated/α-hetero) is 1. The van der Waals surface area contributed by atoms with Gasteiger partial charge in [-0.2, -0.15) is 0 Å². The third-order valence-electron chi connectivity index (χ3n) is 6.56. The van der Waals surface area contributed by atoms with E-state index in [1.807, 2.05) is 0 Å². The van der Waals surface area contributed by atoms with E-state index in [1.165, 1.54) is 19.3 Å². The van der Waals surface area contributed by atoms with E-state index in [-0.39, 0.29) is 5.41 Å². The topological polar surface area (TPSA) is 17.1 Å². The molecule has 3 atom stereocenters. The average molecular weight is 220 g/mol. The monoisotopic (exact) mass is 220 g/mol. The Morgan fingerprint density at radius 1 is 1.12 bits per heavy atom. The van der Waals surface area contributed by atoms with Crippen LogP contribution in [-0.4, -0.2) is 5.78 Å². The van der Waals surface area contributed by atoms with Crippen molar-refractivity contribution >= 4 is 5.78 Å². The maximum Gasteiger partial charge on any atom is 0.137 e. The summed E-state index contributed by atoms with van der Waals surface area (Å²) < 4.78 is 0. The maximum atomic E-state index is 12.4. The van der Waals surface area contributed by atoms with Crippen LogP contribution in [0.5, 0.6) is 0 Å². The van der Waals surface area contributed by atoms with Gasteiger partial charge in [-0.1, -0.05) is 27.7 Å². The van der Waals surface area contributed by atoms with Gasteiger partial charge in [-0.25, -0.2) is 0 Å². The van der Waals surface area contributed by atoms with Crippen LogP contribution in [0.4, 0.5) is 0 Å². The minimum atomic E-state index is 0.271. The molecule has 1 heteroatoms. The lowest BCUT2D eigenvalue weighted by atomic mass is 9.49. The molecule has 3 rings (SSSR count). The second-order valence-electron chi connectivity index (χ2n) is 7.70. The molecule has 2 bridgehead atoms. The number of carbonyl (C=O) groups is 1. The van der Waals surface area contributed by atoms with Crippen LogP contribution < -0.4 is 0 Å². The fourth-order valence-electron chi connectivity index (χ4n) is 5.48. The van der Waals surface area contributed by atoms with E-state index >= 15 is 0 Å². The van der Waals surface area contributed by atoms with E-state index in [2.05, 4.69) is 27.7 Å². The van der Waals surface area contributed by atoms with Gasteiger partial charge in [0.05, 0.1) is 0 Å². The number of ketones is 1. The van der Waals surface area contributed by atoms with Crippen molar-refractivity contribution in [1.82, 2.24) is 0 Å². The van der Waals surface area contributed by atoms with Crippen LogP contribution in [0.3, 0.4) is 0 Å². The Hall–Kier alpha value is -0.330. The molecule has 3 saturated carbocycles. The van der Waals surface area contributed by atoms with Gasteiger partial charge in [-0.15, -0.1) is 0 Å². The Kier molecular flexibility index (Phi) is 1.85. The Morgan fingerprint density at radius 2 is 1.81 bits per heavy atom. The highest BCUT2D eigenvalue weighted by Crippen LogP contribution is 2.74. The van der Waals surface area contributed by atoms with E-state index < -0.39 is 0 Å². The van der Waals surface area contributed by atoms with Crippen molar-refractivity contribution < 1.29 is 4.79 Å². The molecule has 0 N–H and O–H groups in total. The molecular weight excluding hydrogens is 196 g/mol. The molecule has 0 saturated heterocycles. The summed E-state index contributed by atoms with van der Waals surface area (Å²) in [6.45, 7) is 9.53. The van der Waals surface area contributed by atoms with Gasteiger partial charge >= 0.3 is 0 Å². The number of hydrogen-bond acceptors (Lipinski definition) is 1. The van der Waals surface area contributed by atoms with Crippen molar-refractivity contribution in [3.8, 4) is 0 Å². The molecule has 0 heterocycles. The van der Waals surface area contributed by atoms with Crippen LogP contribution in [-0.2, 0) is 4.79 Å². The van der Waals surface area contributed by atoms with Gasteiger partial charge in [-0.05, 0) is 47.8 Å². The van der Waals surface area contributed by atoms with Crippen LogP contribution in [0.25, 0.3) is 0 Å². The lowest BCUT2D eigenvalue weighted by Gasteiger charge is -2.54. The molecule has 1 spiro atoms. The molecule has 3 aliphatic rings. The summed E-state index contributed by atoms with van der Waals surface area (Å²) in [5.41, 5.74) is 1.01. The van der Waals surface area contributed by atoms with Crippen LogP contribution in [0.1, 0.15) is 59.8 Å². The van der Waals surface area contributed by atoms with Crippen molar-refractivity contribution in [1.29, 1.82) is 0 Å². The van der Waals surface area contributed by atoms with Crippen molar-refractivity contribution in [3.05, 3.63) is 0 Å². The summed E-state index contributed by atoms with van der Waals surface area (Å²) >= 11 is 0. The number of rotatable bonds is 0. The van der Waals surface area contributed by atoms with Crippen molar-refractivity contribution in [2.75, 3.05) is 0 Å². The Bertz CT molecular complexity index is 352. The van der Waals surface area contributed by atoms with Gasteiger partial charge in [0.1, 0.15) is 5.78 Å². The molecular formula is C15H24O. The molecule has 0 unspecified atom stereocenters. The Balaban J connectivity index is 2.14. The first-order valence-corrected chi connectivity index (χ1v) is 6.84. The summed E-state index contributed by atoms with van der Waals surface area (Å²) in [5, 5.41) is 0. The van der Waals surface area contributed by atoms with Crippen LogP contribution in [0.2, 0.25) is 0 Å². The highest BCUT2D eigenvalue weighted by Gasteiger charge is 2.69. The quantitative estimate of drug-likeness (QED) is 0.606. The van der Waals surface area contributed by atoms with E-state index in [9.17, 15) is 4.79 Å². The molecule has 90 valence electrons. The Labute approximate surface area is 99.0 Å². The maximum absolute atomic E-state index is 12.4. The fourth-order valence-corrected chi connectivity index (χ4v) is 5.48. The fraction of sp³-hybridized carbons (Fsp3) is 0.933. The van der Waals surface area contributed by atoms with Gasteiger partial charge in [0.15, 0.2) is 0 Å². The first-order chi connectivity index (χ1) is 7.31. The van der Waals surface area contributed by atoms with Crippen LogP contribution in [0.15, 0.2) is 0 Å². The molecule has 3 aliphatic carbocycles. The van der Waals surface area contributed by atoms with Gasteiger partial charge in [0, 0.05) is 12.3 Å². The van der Waals surface area contributed by atoms with Gasteiger partial charge in [0.2, 0.25) is 0 Å². The second-order valence-corrected chi connectivity index (χ2v) is 7.70. The Morgan fingerprint density at radius 3 is 2.44 bits per heavy atom. The molecule has 16 heavy (non-hydrogen) atoms. The number of hydrogen-bond donors (Lipinski definition) is 0. The summed E-state index contributed by atoms with van der Waals surface area (Å²) in [4.78, 5) is 12.4. The van der Waals surface area contributed by atoms with Gasteiger partial charge in [-0.3, -0.25) is 4.79 Å². The first-order valence-electron chi connectivity index (χ1n) is 6.84. The molecule has 3 fully saturated rings. The van der Waals surface area contributed by atoms with Crippen molar-refractivity contribution in [2.24, 2.45) is 28.1 Å². The molecule has 0 aromatic carbocycles. The number of carbonyl (C=O) groups excluding carboxylic acids is 1. The van der Waals surface area contributed by atoms with E-state index in [4.69, 9.17) is 0 Å². The molecule has 0 amide bonds. The summed E-state index contributed by atoms with van der Waals surface area (Å²) in [5.74, 6) is 1.74. The van der Waals surface area contributed by atoms with Gasteiger partial charge in [0.25, 0.3) is 0 Å². The second kappa shape index (κ2) is 2.73. The van der Waals surface area contributed by atoms with Gasteiger partial charge < -0.3 is 0 Å². The largest absolute Gasteiger partial charge is 0.299 e. The zero-order valence-electron chi connectivity index (χ0n) is 11.1.